The number of aromatic nitrogens is 1. The first-order valence-electron chi connectivity index (χ1n) is 13.7. The van der Waals surface area contributed by atoms with Gasteiger partial charge in [0.1, 0.15) is 0 Å². The molecule has 226 valence electrons. The van der Waals surface area contributed by atoms with Gasteiger partial charge in [-0.3, -0.25) is 15.0 Å². The number of sulfonamides is 1. The van der Waals surface area contributed by atoms with Gasteiger partial charge in [-0.05, 0) is 50.2 Å². The maximum absolute atomic E-state index is 13.9. The van der Waals surface area contributed by atoms with Gasteiger partial charge in [-0.25, -0.2) is 18.4 Å². The largest absolute Gasteiger partial charge is 0.390 e. The number of carbonyl (C=O) groups excluding carboxylic acids is 2. The van der Waals surface area contributed by atoms with Gasteiger partial charge in [0.05, 0.1) is 39.3 Å². The lowest BCUT2D eigenvalue weighted by molar-refractivity contribution is -0.148. The molecule has 0 radical (unpaired) electrons. The number of nitrogens with zero attached hydrogens (tertiary/aromatic N) is 4. The summed E-state index contributed by atoms with van der Waals surface area (Å²) in [6.45, 7) is 3.61. The molecule has 3 rings (SSSR count). The second-order valence-corrected chi connectivity index (χ2v) is 13.6. The monoisotopic (exact) mass is 613 g/mol. The summed E-state index contributed by atoms with van der Waals surface area (Å²) in [5, 5.41) is 12.9. The van der Waals surface area contributed by atoms with Crippen molar-refractivity contribution in [3.63, 3.8) is 0 Å². The molecule has 2 amide bonds. The molecule has 1 heterocycles. The molecule has 0 saturated carbocycles. The van der Waals surface area contributed by atoms with Crippen molar-refractivity contribution in [2.75, 3.05) is 33.7 Å². The van der Waals surface area contributed by atoms with E-state index in [4.69, 9.17) is 6.42 Å². The Labute approximate surface area is 252 Å². The highest BCUT2D eigenvalue weighted by molar-refractivity contribution is 7.89. The third kappa shape index (κ3) is 9.08. The molecule has 0 spiro atoms. The van der Waals surface area contributed by atoms with Crippen molar-refractivity contribution >= 4 is 43.4 Å². The zero-order chi connectivity index (χ0) is 30.9. The van der Waals surface area contributed by atoms with Crippen LogP contribution in [0.2, 0.25) is 0 Å². The average Bonchev–Trinajstić information content (AvgIpc) is 3.41. The number of likely N-dealkylation sites (N-methyl/N-ethyl adjacent to an activating group) is 1. The predicted octanol–water partition coefficient (Wildman–Crippen LogP) is 2.75. The SMILES string of the molecule is C#CCCC(=O)N(NC(=O)CN(C)C)C(Cc1ccccc1)[C@H](O)CN(CC(C)C)S(=O)(=O)c1ccc2ncsc2c1. The molecule has 12 heteroatoms. The van der Waals surface area contributed by atoms with Crippen molar-refractivity contribution in [1.29, 1.82) is 0 Å². The molecular weight excluding hydrogens is 574 g/mol. The highest BCUT2D eigenvalue weighted by Crippen LogP contribution is 2.26. The second kappa shape index (κ2) is 15.2. The van der Waals surface area contributed by atoms with Crippen molar-refractivity contribution in [2.45, 2.75) is 50.2 Å². The first-order chi connectivity index (χ1) is 19.9. The fraction of sp³-hybridized carbons (Fsp3) is 0.433. The summed E-state index contributed by atoms with van der Waals surface area (Å²) in [4.78, 5) is 32.2. The number of carbonyl (C=O) groups is 2. The smallest absolute Gasteiger partial charge is 0.252 e. The zero-order valence-corrected chi connectivity index (χ0v) is 26.1. The van der Waals surface area contributed by atoms with Crippen LogP contribution in [-0.2, 0) is 26.0 Å². The number of hydrogen-bond donors (Lipinski definition) is 2. The van der Waals surface area contributed by atoms with Crippen LogP contribution >= 0.6 is 11.3 Å². The van der Waals surface area contributed by atoms with Gasteiger partial charge in [0.25, 0.3) is 5.91 Å². The van der Waals surface area contributed by atoms with Crippen molar-refractivity contribution in [3.05, 3.63) is 59.6 Å². The fourth-order valence-electron chi connectivity index (χ4n) is 4.49. The van der Waals surface area contributed by atoms with Gasteiger partial charge in [0, 0.05) is 25.9 Å². The van der Waals surface area contributed by atoms with Crippen LogP contribution < -0.4 is 5.43 Å². The molecule has 0 fully saturated rings. The van der Waals surface area contributed by atoms with Gasteiger partial charge in [-0.2, -0.15) is 4.31 Å². The lowest BCUT2D eigenvalue weighted by Crippen LogP contribution is -2.60. The van der Waals surface area contributed by atoms with E-state index >= 15 is 0 Å². The fourth-order valence-corrected chi connectivity index (χ4v) is 6.93. The van der Waals surface area contributed by atoms with E-state index in [2.05, 4.69) is 16.3 Å². The van der Waals surface area contributed by atoms with E-state index in [0.717, 1.165) is 15.3 Å². The number of aliphatic hydroxyl groups is 1. The summed E-state index contributed by atoms with van der Waals surface area (Å²) < 4.78 is 29.8. The Morgan fingerprint density at radius 1 is 1.12 bits per heavy atom. The number of hydrazine groups is 1. The van der Waals surface area contributed by atoms with E-state index < -0.39 is 34.0 Å². The van der Waals surface area contributed by atoms with Gasteiger partial charge in [-0.1, -0.05) is 44.2 Å². The van der Waals surface area contributed by atoms with E-state index in [1.54, 1.807) is 36.6 Å². The number of terminal acetylenes is 1. The van der Waals surface area contributed by atoms with Gasteiger partial charge < -0.3 is 10.0 Å². The lowest BCUT2D eigenvalue weighted by atomic mass is 9.99. The summed E-state index contributed by atoms with van der Waals surface area (Å²) in [5.41, 5.74) is 5.81. The van der Waals surface area contributed by atoms with Crippen LogP contribution in [0.4, 0.5) is 0 Å². The molecule has 42 heavy (non-hydrogen) atoms. The summed E-state index contributed by atoms with van der Waals surface area (Å²) in [5.74, 6) is 1.45. The Kier molecular flexibility index (Phi) is 12.0. The van der Waals surface area contributed by atoms with Gasteiger partial charge in [0.2, 0.25) is 15.9 Å². The minimum atomic E-state index is -4.04. The standard InChI is InChI=1S/C30H39N5O5S2/c1-6-7-13-30(38)35(32-29(37)20-33(4)5)26(16-23-11-9-8-10-12-23)27(36)19-34(18-22(2)3)42(39,40)24-14-15-25-28(17-24)41-21-31-25/h1,8-12,14-15,17,21-22,26-27,36H,7,13,16,18-20H2,2-5H3,(H,32,37)/t26?,27-/m1/s1. The number of amides is 2. The van der Waals surface area contributed by atoms with E-state index in [-0.39, 0.29) is 49.7 Å². The first kappa shape index (κ1) is 33.2. The van der Waals surface area contributed by atoms with Crippen molar-refractivity contribution in [1.82, 2.24) is 24.6 Å². The third-order valence-electron chi connectivity index (χ3n) is 6.42. The van der Waals surface area contributed by atoms with E-state index in [0.29, 0.717) is 5.52 Å². The molecule has 3 aromatic rings. The number of rotatable bonds is 14. The van der Waals surface area contributed by atoms with Crippen LogP contribution in [0.3, 0.4) is 0 Å². The number of aliphatic hydroxyl groups excluding tert-OH is 1. The summed E-state index contributed by atoms with van der Waals surface area (Å²) >= 11 is 1.34. The van der Waals surface area contributed by atoms with E-state index in [9.17, 15) is 23.1 Å². The Morgan fingerprint density at radius 2 is 1.83 bits per heavy atom. The molecule has 2 atom stereocenters. The number of benzene rings is 2. The van der Waals surface area contributed by atoms with Crippen LogP contribution in [0.1, 0.15) is 32.3 Å². The van der Waals surface area contributed by atoms with Crippen LogP contribution in [0, 0.1) is 18.3 Å². The van der Waals surface area contributed by atoms with Crippen LogP contribution in [0.15, 0.2) is 58.9 Å². The molecule has 10 nitrogen and oxygen atoms in total. The maximum Gasteiger partial charge on any atom is 0.252 e. The third-order valence-corrected chi connectivity index (χ3v) is 9.04. The van der Waals surface area contributed by atoms with Crippen molar-refractivity contribution < 1.29 is 23.1 Å². The molecule has 0 saturated heterocycles. The topological polar surface area (TPSA) is 123 Å². The predicted molar refractivity (Wildman–Crippen MR) is 165 cm³/mol. The Balaban J connectivity index is 2.01. The second-order valence-electron chi connectivity index (χ2n) is 10.8. The van der Waals surface area contributed by atoms with Gasteiger partial charge in [-0.15, -0.1) is 23.7 Å². The number of hydrogen-bond acceptors (Lipinski definition) is 8. The lowest BCUT2D eigenvalue weighted by Gasteiger charge is -2.37. The molecule has 0 aliphatic rings. The Morgan fingerprint density at radius 3 is 2.48 bits per heavy atom. The molecule has 1 unspecified atom stereocenters. The summed E-state index contributed by atoms with van der Waals surface area (Å²) in [6.07, 6.45) is 4.29. The summed E-state index contributed by atoms with van der Waals surface area (Å²) in [6, 6.07) is 13.0. The maximum atomic E-state index is 13.9. The minimum absolute atomic E-state index is 0.000972. The molecule has 0 bridgehead atoms. The van der Waals surface area contributed by atoms with Crippen LogP contribution in [0.25, 0.3) is 10.2 Å². The Hall–Kier alpha value is -3.34. The van der Waals surface area contributed by atoms with Crippen molar-refractivity contribution in [2.24, 2.45) is 5.92 Å². The average molecular weight is 614 g/mol. The van der Waals surface area contributed by atoms with Crippen LogP contribution in [-0.4, -0.2) is 90.4 Å². The van der Waals surface area contributed by atoms with E-state index in [1.165, 1.54) is 21.7 Å². The molecule has 2 aromatic carbocycles. The Bertz CT molecular complexity index is 1480. The molecular formula is C30H39N5O5S2. The molecule has 0 aliphatic heterocycles. The highest BCUT2D eigenvalue weighted by Gasteiger charge is 2.36. The zero-order valence-electron chi connectivity index (χ0n) is 24.4. The first-order valence-corrected chi connectivity index (χ1v) is 16.0. The normalized spacial score (nSPS) is 13.3. The molecule has 1 aromatic heterocycles. The van der Waals surface area contributed by atoms with E-state index in [1.807, 2.05) is 44.2 Å². The highest BCUT2D eigenvalue weighted by atomic mass is 32.2. The number of nitrogens with one attached hydrogen (secondary N) is 1. The van der Waals surface area contributed by atoms with Gasteiger partial charge in [0.15, 0.2) is 0 Å². The van der Waals surface area contributed by atoms with Crippen molar-refractivity contribution in [3.8, 4) is 12.3 Å². The number of fused-ring (bicyclic) bond motifs is 1. The molecule has 0 aliphatic carbocycles. The summed E-state index contributed by atoms with van der Waals surface area (Å²) in [7, 11) is -0.596. The quantitative estimate of drug-likeness (QED) is 0.212. The van der Waals surface area contributed by atoms with Crippen LogP contribution in [0.5, 0.6) is 0 Å². The number of thiazole rings is 1. The van der Waals surface area contributed by atoms with Gasteiger partial charge >= 0.3 is 0 Å². The minimum Gasteiger partial charge on any atom is -0.390 e. The molecule has 2 N–H and O–H groups in total.